The van der Waals surface area contributed by atoms with Crippen molar-refractivity contribution in [1.29, 1.82) is 0 Å². The van der Waals surface area contributed by atoms with E-state index in [9.17, 15) is 0 Å². The van der Waals surface area contributed by atoms with Crippen LogP contribution in [0.1, 0.15) is 19.5 Å². The smallest absolute Gasteiger partial charge is 0.206 e. The van der Waals surface area contributed by atoms with E-state index in [1.54, 1.807) is 22.7 Å². The largest absolute Gasteiger partial charge is 0.358 e. The third-order valence-electron chi connectivity index (χ3n) is 2.20. The molecule has 0 aromatic carbocycles. The van der Waals surface area contributed by atoms with Crippen molar-refractivity contribution in [1.82, 2.24) is 15.2 Å². The fraction of sp³-hybridized carbons (Fsp3) is 0.545. The number of hydrogen-bond donors (Lipinski definition) is 1. The van der Waals surface area contributed by atoms with Crippen molar-refractivity contribution in [3.8, 4) is 9.88 Å². The average Bonchev–Trinajstić information content (AvgIpc) is 2.83. The highest BCUT2D eigenvalue weighted by Crippen LogP contribution is 2.36. The van der Waals surface area contributed by atoms with E-state index in [0.717, 1.165) is 25.8 Å². The van der Waals surface area contributed by atoms with Crippen LogP contribution in [-0.4, -0.2) is 35.3 Å². The molecule has 2 aromatic heterocycles. The molecular weight excluding hydrogens is 266 g/mol. The van der Waals surface area contributed by atoms with Gasteiger partial charge in [-0.05, 0) is 20.8 Å². The van der Waals surface area contributed by atoms with E-state index in [1.165, 1.54) is 0 Å². The first-order valence-electron chi connectivity index (χ1n) is 5.72. The predicted molar refractivity (Wildman–Crippen MR) is 78.8 cm³/mol. The van der Waals surface area contributed by atoms with Gasteiger partial charge < -0.3 is 10.2 Å². The second kappa shape index (κ2) is 5.19. The van der Waals surface area contributed by atoms with Gasteiger partial charge in [-0.15, -0.1) is 10.2 Å². The molecule has 2 rings (SSSR count). The molecule has 0 amide bonds. The van der Waals surface area contributed by atoms with Crippen LogP contribution in [0.4, 0.5) is 10.3 Å². The molecule has 18 heavy (non-hydrogen) atoms. The number of thiazole rings is 1. The number of hydrogen-bond acceptors (Lipinski definition) is 7. The summed E-state index contributed by atoms with van der Waals surface area (Å²) >= 11 is 3.22. The molecule has 0 spiro atoms. The molecule has 5 nitrogen and oxygen atoms in total. The molecule has 7 heteroatoms. The molecule has 0 saturated carbocycles. The number of anilines is 2. The zero-order chi connectivity index (χ0) is 13.3. The van der Waals surface area contributed by atoms with Crippen LogP contribution in [0.2, 0.25) is 0 Å². The lowest BCUT2D eigenvalue weighted by Gasteiger charge is -2.04. The normalized spacial score (nSPS) is 11.0. The van der Waals surface area contributed by atoms with Gasteiger partial charge >= 0.3 is 0 Å². The van der Waals surface area contributed by atoms with Crippen molar-refractivity contribution in [3.05, 3.63) is 5.69 Å². The van der Waals surface area contributed by atoms with Crippen LogP contribution in [0.3, 0.4) is 0 Å². The van der Waals surface area contributed by atoms with Gasteiger partial charge in [0.1, 0.15) is 0 Å². The molecular formula is C11H17N5S2. The molecule has 0 bridgehead atoms. The Morgan fingerprint density at radius 3 is 2.44 bits per heavy atom. The van der Waals surface area contributed by atoms with Crippen LogP contribution < -0.4 is 10.2 Å². The Balaban J connectivity index is 2.28. The molecule has 0 aliphatic heterocycles. The van der Waals surface area contributed by atoms with Crippen LogP contribution in [0.15, 0.2) is 0 Å². The van der Waals surface area contributed by atoms with E-state index in [1.807, 2.05) is 25.9 Å². The summed E-state index contributed by atoms with van der Waals surface area (Å²) < 4.78 is 0. The molecule has 98 valence electrons. The Kier molecular flexibility index (Phi) is 3.82. The Hall–Kier alpha value is -1.21. The second-order valence-corrected chi connectivity index (χ2v) is 6.47. The van der Waals surface area contributed by atoms with Crippen molar-refractivity contribution < 1.29 is 0 Å². The van der Waals surface area contributed by atoms with Gasteiger partial charge in [0, 0.05) is 20.1 Å². The minimum atomic E-state index is 0.366. The maximum atomic E-state index is 4.52. The summed E-state index contributed by atoms with van der Waals surface area (Å²) in [6.07, 6.45) is 0. The van der Waals surface area contributed by atoms with Crippen molar-refractivity contribution in [2.75, 3.05) is 24.3 Å². The van der Waals surface area contributed by atoms with Crippen molar-refractivity contribution in [2.45, 2.75) is 26.8 Å². The van der Waals surface area contributed by atoms with E-state index in [0.29, 0.717) is 6.04 Å². The minimum absolute atomic E-state index is 0.366. The zero-order valence-corrected chi connectivity index (χ0v) is 12.8. The van der Waals surface area contributed by atoms with Gasteiger partial charge in [0.25, 0.3) is 0 Å². The Bertz CT molecular complexity index is 529. The Morgan fingerprint density at radius 2 is 1.89 bits per heavy atom. The lowest BCUT2D eigenvalue weighted by molar-refractivity contribution is 0.888. The first kappa shape index (κ1) is 13.2. The van der Waals surface area contributed by atoms with E-state index in [-0.39, 0.29) is 0 Å². The first-order valence-corrected chi connectivity index (χ1v) is 7.36. The molecule has 0 fully saturated rings. The molecule has 2 aromatic rings. The lowest BCUT2D eigenvalue weighted by atomic mass is 10.4. The van der Waals surface area contributed by atoms with Crippen molar-refractivity contribution in [2.24, 2.45) is 0 Å². The lowest BCUT2D eigenvalue weighted by Crippen LogP contribution is -2.08. The Morgan fingerprint density at radius 1 is 1.17 bits per heavy atom. The minimum Gasteiger partial charge on any atom is -0.358 e. The number of nitrogens with zero attached hydrogens (tertiary/aromatic N) is 4. The van der Waals surface area contributed by atoms with Crippen molar-refractivity contribution >= 4 is 32.9 Å². The number of aromatic nitrogens is 3. The third-order valence-corrected chi connectivity index (χ3v) is 4.53. The highest BCUT2D eigenvalue weighted by Gasteiger charge is 2.15. The average molecular weight is 283 g/mol. The quantitative estimate of drug-likeness (QED) is 0.935. The van der Waals surface area contributed by atoms with E-state index in [4.69, 9.17) is 0 Å². The summed E-state index contributed by atoms with van der Waals surface area (Å²) in [4.78, 5) is 7.63. The van der Waals surface area contributed by atoms with Crippen LogP contribution in [0, 0.1) is 6.92 Å². The fourth-order valence-electron chi connectivity index (χ4n) is 1.39. The first-order chi connectivity index (χ1) is 8.47. The van der Waals surface area contributed by atoms with Gasteiger partial charge in [-0.2, -0.15) is 0 Å². The highest BCUT2D eigenvalue weighted by molar-refractivity contribution is 7.25. The maximum Gasteiger partial charge on any atom is 0.206 e. The second-order valence-electron chi connectivity index (χ2n) is 4.52. The topological polar surface area (TPSA) is 53.9 Å². The fourth-order valence-corrected chi connectivity index (χ4v) is 3.39. The van der Waals surface area contributed by atoms with E-state index < -0.39 is 0 Å². The van der Waals surface area contributed by atoms with E-state index in [2.05, 4.69) is 34.3 Å². The Labute approximate surface area is 115 Å². The molecule has 1 N–H and O–H groups in total. The maximum absolute atomic E-state index is 4.52. The standard InChI is InChI=1S/C11H17N5S2/c1-6(2)12-10-15-14-9(18-10)8-7(3)13-11(17-8)16(4)5/h6H,1-5H3,(H,12,15). The molecule has 0 radical (unpaired) electrons. The summed E-state index contributed by atoms with van der Waals surface area (Å²) in [5.74, 6) is 0. The molecule has 0 unspecified atom stereocenters. The monoisotopic (exact) mass is 283 g/mol. The van der Waals surface area contributed by atoms with Gasteiger partial charge in [-0.25, -0.2) is 4.98 Å². The van der Waals surface area contributed by atoms with Gasteiger partial charge in [0.05, 0.1) is 10.6 Å². The highest BCUT2D eigenvalue weighted by atomic mass is 32.1. The van der Waals surface area contributed by atoms with Crippen LogP contribution in [-0.2, 0) is 0 Å². The molecule has 2 heterocycles. The third kappa shape index (κ3) is 2.78. The van der Waals surface area contributed by atoms with Gasteiger partial charge in [-0.3, -0.25) is 0 Å². The number of nitrogens with one attached hydrogen (secondary N) is 1. The van der Waals surface area contributed by atoms with Gasteiger partial charge in [0.2, 0.25) is 5.13 Å². The van der Waals surface area contributed by atoms with Crippen molar-refractivity contribution in [3.63, 3.8) is 0 Å². The molecule has 0 atom stereocenters. The van der Waals surface area contributed by atoms with Gasteiger partial charge in [0.15, 0.2) is 10.1 Å². The molecule has 0 aliphatic carbocycles. The molecule has 0 aliphatic rings. The van der Waals surface area contributed by atoms with Gasteiger partial charge in [-0.1, -0.05) is 22.7 Å². The van der Waals surface area contributed by atoms with Crippen LogP contribution in [0.5, 0.6) is 0 Å². The summed E-state index contributed by atoms with van der Waals surface area (Å²) in [5.41, 5.74) is 1.01. The van der Waals surface area contributed by atoms with E-state index >= 15 is 0 Å². The summed E-state index contributed by atoms with van der Waals surface area (Å²) in [7, 11) is 3.99. The van der Waals surface area contributed by atoms with Crippen LogP contribution in [0.25, 0.3) is 9.88 Å². The number of aryl methyl sites for hydroxylation is 1. The predicted octanol–water partition coefficient (Wildman–Crippen LogP) is 2.86. The molecule has 0 saturated heterocycles. The van der Waals surface area contributed by atoms with Crippen LogP contribution >= 0.6 is 22.7 Å². The SMILES string of the molecule is Cc1nc(N(C)C)sc1-c1nnc(NC(C)C)s1. The summed E-state index contributed by atoms with van der Waals surface area (Å²) in [6, 6.07) is 0.366. The summed E-state index contributed by atoms with van der Waals surface area (Å²) in [6.45, 7) is 6.18. The summed E-state index contributed by atoms with van der Waals surface area (Å²) in [5, 5.41) is 14.4. The zero-order valence-electron chi connectivity index (χ0n) is 11.2. The number of rotatable bonds is 4.